The van der Waals surface area contributed by atoms with Gasteiger partial charge in [-0.3, -0.25) is 9.48 Å². The maximum atomic E-state index is 14.0. The summed E-state index contributed by atoms with van der Waals surface area (Å²) in [6.45, 7) is 0.183. The monoisotopic (exact) mass is 542 g/mol. The highest BCUT2D eigenvalue weighted by molar-refractivity contribution is 9.10. The zero-order chi connectivity index (χ0) is 24.9. The minimum atomic E-state index is -4.71. The second kappa shape index (κ2) is 8.49. The lowest BCUT2D eigenvalue weighted by Crippen LogP contribution is -2.27. The molecule has 5 aromatic rings. The standard InChI is InChI=1S/C24H18BrF3N6O/c1-32(13-20-18(25)12-29-33(20)2)23(35)17-11-30-34-21(24(26,27)28)10-19(31-22(17)34)16-9-5-7-14-6-3-4-8-15(14)16/h3-12H,13H2,1-2H3. The van der Waals surface area contributed by atoms with Crippen LogP contribution in [0.5, 0.6) is 0 Å². The van der Waals surface area contributed by atoms with Crippen LogP contribution in [0.25, 0.3) is 27.7 Å². The fraction of sp³-hybridized carbons (Fsp3) is 0.167. The first-order chi connectivity index (χ1) is 16.6. The van der Waals surface area contributed by atoms with Gasteiger partial charge in [0.05, 0.1) is 34.8 Å². The molecule has 0 aliphatic rings. The van der Waals surface area contributed by atoms with E-state index in [0.717, 1.165) is 33.2 Å². The smallest absolute Gasteiger partial charge is 0.336 e. The number of alkyl halides is 3. The van der Waals surface area contributed by atoms with Gasteiger partial charge in [-0.2, -0.15) is 23.4 Å². The van der Waals surface area contributed by atoms with Crippen molar-refractivity contribution >= 4 is 38.3 Å². The van der Waals surface area contributed by atoms with E-state index in [-0.39, 0.29) is 23.4 Å². The van der Waals surface area contributed by atoms with Gasteiger partial charge < -0.3 is 4.90 Å². The van der Waals surface area contributed by atoms with Gasteiger partial charge >= 0.3 is 6.18 Å². The number of carbonyl (C=O) groups excluding carboxylic acids is 1. The van der Waals surface area contributed by atoms with Crippen LogP contribution in [-0.4, -0.2) is 42.2 Å². The molecule has 0 saturated carbocycles. The van der Waals surface area contributed by atoms with Crippen molar-refractivity contribution in [2.45, 2.75) is 12.7 Å². The average molecular weight is 543 g/mol. The summed E-state index contributed by atoms with van der Waals surface area (Å²) in [5.74, 6) is -0.510. The lowest BCUT2D eigenvalue weighted by Gasteiger charge is -2.17. The summed E-state index contributed by atoms with van der Waals surface area (Å²) < 4.78 is 45.1. The van der Waals surface area contributed by atoms with Gasteiger partial charge in [0.15, 0.2) is 11.3 Å². The Morgan fingerprint density at radius 3 is 2.54 bits per heavy atom. The molecule has 5 rings (SSSR count). The predicted molar refractivity (Wildman–Crippen MR) is 128 cm³/mol. The Morgan fingerprint density at radius 2 is 1.83 bits per heavy atom. The molecule has 0 atom stereocenters. The molecule has 0 radical (unpaired) electrons. The number of hydrogen-bond acceptors (Lipinski definition) is 4. The van der Waals surface area contributed by atoms with Crippen LogP contribution in [-0.2, 0) is 19.8 Å². The molecule has 0 bridgehead atoms. The van der Waals surface area contributed by atoms with E-state index in [9.17, 15) is 18.0 Å². The van der Waals surface area contributed by atoms with Crippen molar-refractivity contribution in [1.82, 2.24) is 29.3 Å². The molecular weight excluding hydrogens is 525 g/mol. The van der Waals surface area contributed by atoms with Crippen LogP contribution in [0, 0.1) is 0 Å². The molecule has 178 valence electrons. The number of fused-ring (bicyclic) bond motifs is 2. The van der Waals surface area contributed by atoms with E-state index in [1.165, 1.54) is 4.90 Å². The van der Waals surface area contributed by atoms with Crippen molar-refractivity contribution in [1.29, 1.82) is 0 Å². The molecule has 0 unspecified atom stereocenters. The maximum Gasteiger partial charge on any atom is 0.433 e. The minimum Gasteiger partial charge on any atom is -0.336 e. The van der Waals surface area contributed by atoms with Crippen molar-refractivity contribution in [3.05, 3.63) is 82.3 Å². The highest BCUT2D eigenvalue weighted by Gasteiger charge is 2.36. The SMILES string of the molecule is CN(Cc1c(Br)cnn1C)C(=O)c1cnn2c(C(F)(F)F)cc(-c3cccc4ccccc34)nc12. The third kappa shape index (κ3) is 4.05. The number of amides is 1. The summed E-state index contributed by atoms with van der Waals surface area (Å²) in [6.07, 6.45) is -1.98. The molecule has 1 amide bonds. The number of carbonyl (C=O) groups is 1. The highest BCUT2D eigenvalue weighted by atomic mass is 79.9. The molecule has 0 aliphatic heterocycles. The van der Waals surface area contributed by atoms with Gasteiger partial charge in [-0.15, -0.1) is 0 Å². The zero-order valence-electron chi connectivity index (χ0n) is 18.6. The molecule has 35 heavy (non-hydrogen) atoms. The molecule has 11 heteroatoms. The van der Waals surface area contributed by atoms with E-state index < -0.39 is 17.8 Å². The first-order valence-electron chi connectivity index (χ1n) is 10.5. The van der Waals surface area contributed by atoms with E-state index >= 15 is 0 Å². The topological polar surface area (TPSA) is 68.3 Å². The fourth-order valence-corrected chi connectivity index (χ4v) is 4.49. The normalized spacial score (nSPS) is 11.9. The number of aromatic nitrogens is 5. The largest absolute Gasteiger partial charge is 0.433 e. The molecule has 3 aromatic heterocycles. The average Bonchev–Trinajstić information content (AvgIpc) is 3.40. The molecule has 3 heterocycles. The Balaban J connectivity index is 1.66. The number of hydrogen-bond donors (Lipinski definition) is 0. The molecule has 7 nitrogen and oxygen atoms in total. The molecule has 0 fully saturated rings. The van der Waals surface area contributed by atoms with E-state index in [2.05, 4.69) is 31.1 Å². The van der Waals surface area contributed by atoms with Gasteiger partial charge in [0.1, 0.15) is 5.56 Å². The van der Waals surface area contributed by atoms with Crippen LogP contribution < -0.4 is 0 Å². The number of nitrogens with zero attached hydrogens (tertiary/aromatic N) is 6. The summed E-state index contributed by atoms with van der Waals surface area (Å²) in [5, 5.41) is 9.63. The first kappa shape index (κ1) is 23.0. The summed E-state index contributed by atoms with van der Waals surface area (Å²) in [5.41, 5.74) is 0.164. The van der Waals surface area contributed by atoms with E-state index in [0.29, 0.717) is 10.1 Å². The van der Waals surface area contributed by atoms with Gasteiger partial charge in [-0.25, -0.2) is 9.50 Å². The molecule has 2 aromatic carbocycles. The van der Waals surface area contributed by atoms with Gasteiger partial charge in [0.2, 0.25) is 0 Å². The Bertz CT molecular complexity index is 1570. The van der Waals surface area contributed by atoms with Crippen LogP contribution in [0.1, 0.15) is 21.7 Å². The minimum absolute atomic E-state index is 0.0293. The molecule has 0 N–H and O–H groups in total. The van der Waals surface area contributed by atoms with Crippen molar-refractivity contribution in [3.8, 4) is 11.3 Å². The Kier molecular flexibility index (Phi) is 5.59. The predicted octanol–water partition coefficient (Wildman–Crippen LogP) is 5.34. The number of halogens is 4. The molecule has 0 saturated heterocycles. The van der Waals surface area contributed by atoms with E-state index in [4.69, 9.17) is 0 Å². The zero-order valence-corrected chi connectivity index (χ0v) is 20.2. The lowest BCUT2D eigenvalue weighted by atomic mass is 10.0. The number of benzene rings is 2. The summed E-state index contributed by atoms with van der Waals surface area (Å²) in [6, 6.07) is 13.7. The molecule has 0 spiro atoms. The van der Waals surface area contributed by atoms with E-state index in [1.807, 2.05) is 30.3 Å². The summed E-state index contributed by atoms with van der Waals surface area (Å²) >= 11 is 3.39. The van der Waals surface area contributed by atoms with Gasteiger partial charge in [-0.1, -0.05) is 42.5 Å². The number of rotatable bonds is 4. The van der Waals surface area contributed by atoms with Crippen molar-refractivity contribution in [3.63, 3.8) is 0 Å². The third-order valence-electron chi connectivity index (χ3n) is 5.80. The maximum absolute atomic E-state index is 14.0. The van der Waals surface area contributed by atoms with Crippen LogP contribution in [0.4, 0.5) is 13.2 Å². The Labute approximate surface area is 205 Å². The van der Waals surface area contributed by atoms with Crippen LogP contribution in [0.15, 0.2) is 65.4 Å². The molecule has 0 aliphatic carbocycles. The van der Waals surface area contributed by atoms with E-state index in [1.54, 1.807) is 37.1 Å². The van der Waals surface area contributed by atoms with Crippen molar-refractivity contribution < 1.29 is 18.0 Å². The van der Waals surface area contributed by atoms with Gasteiger partial charge in [0.25, 0.3) is 5.91 Å². The quantitative estimate of drug-likeness (QED) is 0.307. The second-order valence-electron chi connectivity index (χ2n) is 8.07. The van der Waals surface area contributed by atoms with Crippen molar-refractivity contribution in [2.24, 2.45) is 7.05 Å². The third-order valence-corrected chi connectivity index (χ3v) is 6.46. The van der Waals surface area contributed by atoms with Crippen LogP contribution >= 0.6 is 15.9 Å². The highest BCUT2D eigenvalue weighted by Crippen LogP contribution is 2.35. The van der Waals surface area contributed by atoms with Crippen molar-refractivity contribution in [2.75, 3.05) is 7.05 Å². The second-order valence-corrected chi connectivity index (χ2v) is 8.92. The first-order valence-corrected chi connectivity index (χ1v) is 11.3. The van der Waals surface area contributed by atoms with Gasteiger partial charge in [0, 0.05) is 19.7 Å². The van der Waals surface area contributed by atoms with Crippen LogP contribution in [0.2, 0.25) is 0 Å². The van der Waals surface area contributed by atoms with Gasteiger partial charge in [-0.05, 0) is 32.8 Å². The summed E-state index contributed by atoms with van der Waals surface area (Å²) in [7, 11) is 3.30. The molecular formula is C24H18BrF3N6O. The fourth-order valence-electron chi connectivity index (χ4n) is 4.02. The summed E-state index contributed by atoms with van der Waals surface area (Å²) in [4.78, 5) is 19.2. The lowest BCUT2D eigenvalue weighted by molar-refractivity contribution is -0.142. The number of aryl methyl sites for hydroxylation is 1. The Morgan fingerprint density at radius 1 is 1.09 bits per heavy atom. The Hall–Kier alpha value is -3.73. The van der Waals surface area contributed by atoms with Crippen LogP contribution in [0.3, 0.4) is 0 Å².